The first-order valence-electron chi connectivity index (χ1n) is 7.52. The van der Waals surface area contributed by atoms with E-state index in [1.165, 1.54) is 12.1 Å². The van der Waals surface area contributed by atoms with Gasteiger partial charge in [-0.2, -0.15) is 0 Å². The molecule has 3 nitrogen and oxygen atoms in total. The van der Waals surface area contributed by atoms with Crippen LogP contribution in [0.15, 0.2) is 46.9 Å². The number of carbonyl (C=O) groups is 1. The fourth-order valence-electron chi connectivity index (χ4n) is 2.97. The van der Waals surface area contributed by atoms with Gasteiger partial charge in [0.05, 0.1) is 6.04 Å². The smallest absolute Gasteiger partial charge is 0.244 e. The van der Waals surface area contributed by atoms with Crippen LogP contribution < -0.4 is 11.1 Å². The van der Waals surface area contributed by atoms with Crippen LogP contribution in [0, 0.1) is 5.82 Å². The van der Waals surface area contributed by atoms with E-state index in [0.717, 1.165) is 34.0 Å². The fourth-order valence-corrected chi connectivity index (χ4v) is 3.24. The molecule has 1 aliphatic carbocycles. The molecular formula is C18H18BrFN2O. The minimum absolute atomic E-state index is 0.114. The molecule has 1 aliphatic rings. The molecule has 2 aromatic rings. The van der Waals surface area contributed by atoms with Crippen molar-refractivity contribution >= 4 is 21.8 Å². The lowest BCUT2D eigenvalue weighted by Crippen LogP contribution is -2.49. The molecule has 0 aliphatic heterocycles. The van der Waals surface area contributed by atoms with Gasteiger partial charge in [0.25, 0.3) is 0 Å². The maximum atomic E-state index is 13.3. The van der Waals surface area contributed by atoms with Crippen LogP contribution in [0.4, 0.5) is 4.39 Å². The Bertz CT molecular complexity index is 743. The Kier molecular flexibility index (Phi) is 4.25. The third-order valence-corrected chi connectivity index (χ3v) is 4.93. The average Bonchev–Trinajstić information content (AvgIpc) is 2.89. The molecule has 23 heavy (non-hydrogen) atoms. The maximum Gasteiger partial charge on any atom is 0.244 e. The third kappa shape index (κ3) is 3.16. The van der Waals surface area contributed by atoms with Crippen molar-refractivity contribution < 1.29 is 9.18 Å². The maximum absolute atomic E-state index is 13.3. The number of nitrogens with two attached hydrogens (primary N) is 1. The van der Waals surface area contributed by atoms with Gasteiger partial charge in [-0.1, -0.05) is 34.1 Å². The second-order valence-corrected chi connectivity index (χ2v) is 7.03. The van der Waals surface area contributed by atoms with E-state index in [2.05, 4.69) is 21.2 Å². The van der Waals surface area contributed by atoms with Gasteiger partial charge >= 0.3 is 0 Å². The van der Waals surface area contributed by atoms with Crippen molar-refractivity contribution in [3.63, 3.8) is 0 Å². The molecule has 3 N–H and O–H groups in total. The van der Waals surface area contributed by atoms with Gasteiger partial charge in [0.1, 0.15) is 11.4 Å². The number of carbonyl (C=O) groups excluding carboxylic acids is 1. The van der Waals surface area contributed by atoms with Gasteiger partial charge < -0.3 is 11.1 Å². The van der Waals surface area contributed by atoms with Crippen LogP contribution in [0.5, 0.6) is 0 Å². The summed E-state index contributed by atoms with van der Waals surface area (Å²) in [4.78, 5) is 12.7. The Morgan fingerprint density at radius 2 is 2.00 bits per heavy atom. The predicted octanol–water partition coefficient (Wildman–Crippen LogP) is 3.57. The van der Waals surface area contributed by atoms with E-state index in [4.69, 9.17) is 5.73 Å². The third-order valence-electron chi connectivity index (χ3n) is 4.40. The molecule has 5 heteroatoms. The Morgan fingerprint density at radius 3 is 2.70 bits per heavy atom. The van der Waals surface area contributed by atoms with Crippen LogP contribution in [-0.2, 0) is 16.8 Å². The van der Waals surface area contributed by atoms with E-state index in [9.17, 15) is 9.18 Å². The monoisotopic (exact) mass is 376 g/mol. The summed E-state index contributed by atoms with van der Waals surface area (Å²) in [5.74, 6) is -0.476. The van der Waals surface area contributed by atoms with Crippen LogP contribution in [-0.4, -0.2) is 5.91 Å². The predicted molar refractivity (Wildman–Crippen MR) is 91.3 cm³/mol. The number of benzene rings is 2. The molecule has 3 rings (SSSR count). The number of nitrogens with one attached hydrogen (secondary N) is 1. The minimum Gasteiger partial charge on any atom is -0.347 e. The van der Waals surface area contributed by atoms with Crippen molar-refractivity contribution in [2.45, 2.75) is 31.3 Å². The summed E-state index contributed by atoms with van der Waals surface area (Å²) in [5, 5.41) is 3.01. The van der Waals surface area contributed by atoms with E-state index in [-0.39, 0.29) is 17.8 Å². The lowest BCUT2D eigenvalue weighted by molar-refractivity contribution is -0.126. The molecule has 0 heterocycles. The molecule has 2 aromatic carbocycles. The Labute approximate surface area is 143 Å². The number of amides is 1. The summed E-state index contributed by atoms with van der Waals surface area (Å²) in [6, 6.07) is 12.0. The van der Waals surface area contributed by atoms with Crippen molar-refractivity contribution in [1.82, 2.24) is 5.32 Å². The van der Waals surface area contributed by atoms with Crippen molar-refractivity contribution in [3.8, 4) is 0 Å². The summed E-state index contributed by atoms with van der Waals surface area (Å²) in [6.07, 6.45) is 1.53. The molecule has 0 spiro atoms. The molecular weight excluding hydrogens is 359 g/mol. The summed E-state index contributed by atoms with van der Waals surface area (Å²) in [6.45, 7) is 1.70. The molecule has 1 amide bonds. The van der Waals surface area contributed by atoms with Gasteiger partial charge in [0.15, 0.2) is 0 Å². The lowest BCUT2D eigenvalue weighted by Gasteiger charge is -2.26. The topological polar surface area (TPSA) is 55.1 Å². The van der Waals surface area contributed by atoms with Crippen LogP contribution in [0.1, 0.15) is 36.1 Å². The van der Waals surface area contributed by atoms with Crippen molar-refractivity contribution in [2.24, 2.45) is 5.73 Å². The molecule has 2 atom stereocenters. The second-order valence-electron chi connectivity index (χ2n) is 6.12. The Morgan fingerprint density at radius 1 is 1.30 bits per heavy atom. The summed E-state index contributed by atoms with van der Waals surface area (Å²) in [5.41, 5.74) is 7.83. The van der Waals surface area contributed by atoms with Crippen LogP contribution in [0.3, 0.4) is 0 Å². The zero-order valence-corrected chi connectivity index (χ0v) is 14.4. The van der Waals surface area contributed by atoms with Crippen molar-refractivity contribution in [3.05, 3.63) is 69.4 Å². The largest absolute Gasteiger partial charge is 0.347 e. The summed E-state index contributed by atoms with van der Waals surface area (Å²) in [7, 11) is 0. The number of halogens is 2. The molecule has 0 bridgehead atoms. The van der Waals surface area contributed by atoms with Crippen LogP contribution in [0.2, 0.25) is 0 Å². The number of hydrogen-bond acceptors (Lipinski definition) is 2. The number of hydrogen-bond donors (Lipinski definition) is 2. The zero-order chi connectivity index (χ0) is 16.6. The number of aryl methyl sites for hydroxylation is 1. The Balaban J connectivity index is 1.79. The second kappa shape index (κ2) is 6.06. The van der Waals surface area contributed by atoms with E-state index >= 15 is 0 Å². The van der Waals surface area contributed by atoms with Crippen LogP contribution in [0.25, 0.3) is 0 Å². The molecule has 0 radical (unpaired) electrons. The molecule has 0 fully saturated rings. The first kappa shape index (κ1) is 16.1. The van der Waals surface area contributed by atoms with E-state index in [1.807, 2.05) is 24.3 Å². The minimum atomic E-state index is -1.12. The number of fused-ring (bicyclic) bond motifs is 1. The summed E-state index contributed by atoms with van der Waals surface area (Å²) >= 11 is 3.37. The highest BCUT2D eigenvalue weighted by Gasteiger charge is 2.34. The normalized spacial score (nSPS) is 19.0. The molecule has 0 saturated heterocycles. The van der Waals surface area contributed by atoms with E-state index in [1.54, 1.807) is 13.0 Å². The van der Waals surface area contributed by atoms with Gasteiger partial charge in [0, 0.05) is 4.47 Å². The van der Waals surface area contributed by atoms with E-state index < -0.39 is 5.54 Å². The molecule has 0 aromatic heterocycles. The van der Waals surface area contributed by atoms with Gasteiger partial charge in [-0.15, -0.1) is 0 Å². The first-order chi connectivity index (χ1) is 10.9. The molecule has 0 saturated carbocycles. The Hall–Kier alpha value is -1.72. The first-order valence-corrected chi connectivity index (χ1v) is 8.31. The van der Waals surface area contributed by atoms with Gasteiger partial charge in [0.2, 0.25) is 5.91 Å². The quantitative estimate of drug-likeness (QED) is 0.860. The fraction of sp³-hybridized carbons (Fsp3) is 0.278. The standard InChI is InChI=1S/C18H18BrFN2O/c1-18(21,12-3-5-13(19)6-4-12)17(23)22-16-9-2-11-10-14(20)7-8-15(11)16/h3-8,10,16H,2,9,21H2,1H3,(H,22,23). The van der Waals surface area contributed by atoms with Crippen molar-refractivity contribution in [1.29, 1.82) is 0 Å². The van der Waals surface area contributed by atoms with Gasteiger partial charge in [-0.3, -0.25) is 4.79 Å². The molecule has 2 unspecified atom stereocenters. The van der Waals surface area contributed by atoms with Gasteiger partial charge in [-0.05, 0) is 60.7 Å². The highest BCUT2D eigenvalue weighted by atomic mass is 79.9. The SMILES string of the molecule is CC(N)(C(=O)NC1CCc2cc(F)ccc21)c1ccc(Br)cc1. The average molecular weight is 377 g/mol. The van der Waals surface area contributed by atoms with Gasteiger partial charge in [-0.25, -0.2) is 4.39 Å². The van der Waals surface area contributed by atoms with Crippen LogP contribution >= 0.6 is 15.9 Å². The van der Waals surface area contributed by atoms with Crippen molar-refractivity contribution in [2.75, 3.05) is 0 Å². The number of rotatable bonds is 3. The highest BCUT2D eigenvalue weighted by molar-refractivity contribution is 9.10. The van der Waals surface area contributed by atoms with E-state index in [0.29, 0.717) is 0 Å². The molecule has 120 valence electrons. The summed E-state index contributed by atoms with van der Waals surface area (Å²) < 4.78 is 14.2. The zero-order valence-electron chi connectivity index (χ0n) is 12.8. The highest BCUT2D eigenvalue weighted by Crippen LogP contribution is 2.32. The lowest BCUT2D eigenvalue weighted by atomic mass is 9.91.